The van der Waals surface area contributed by atoms with Crippen LogP contribution in [-0.2, 0) is 4.79 Å². The van der Waals surface area contributed by atoms with E-state index >= 15 is 0 Å². The van der Waals surface area contributed by atoms with E-state index in [0.29, 0.717) is 12.0 Å². The number of carbonyl (C=O) groups excluding carboxylic acids is 2. The molecule has 0 amide bonds. The van der Waals surface area contributed by atoms with E-state index in [4.69, 9.17) is 0 Å². The van der Waals surface area contributed by atoms with E-state index in [1.165, 1.54) is 5.57 Å². The van der Waals surface area contributed by atoms with E-state index < -0.39 is 5.78 Å². The maximum Gasteiger partial charge on any atom is 0.241 e. The van der Waals surface area contributed by atoms with Crippen LogP contribution in [0.3, 0.4) is 0 Å². The van der Waals surface area contributed by atoms with Gasteiger partial charge in [-0.3, -0.25) is 9.59 Å². The summed E-state index contributed by atoms with van der Waals surface area (Å²) in [6.07, 6.45) is 5.44. The predicted molar refractivity (Wildman–Crippen MR) is 61.7 cm³/mol. The lowest BCUT2D eigenvalue weighted by atomic mass is 9.94. The largest absolute Gasteiger partial charge is 0.337 e. The molecule has 16 heavy (non-hydrogen) atoms. The highest BCUT2D eigenvalue weighted by Gasteiger charge is 2.24. The lowest BCUT2D eigenvalue weighted by Gasteiger charge is -2.26. The molecule has 0 aromatic carbocycles. The molecule has 0 saturated heterocycles. The molecule has 0 aliphatic heterocycles. The Morgan fingerprint density at radius 1 is 1.44 bits per heavy atom. The maximum absolute atomic E-state index is 11.6. The van der Waals surface area contributed by atoms with Gasteiger partial charge < -0.3 is 4.57 Å². The molecule has 1 aromatic heterocycles. The van der Waals surface area contributed by atoms with Gasteiger partial charge in [-0.1, -0.05) is 11.6 Å². The summed E-state index contributed by atoms with van der Waals surface area (Å²) in [5, 5.41) is 0. The molecule has 1 atom stereocenters. The number of hydrogen-bond donors (Lipinski definition) is 0. The Bertz CT molecular complexity index is 494. The zero-order valence-electron chi connectivity index (χ0n) is 9.78. The second-order valence-electron chi connectivity index (χ2n) is 4.46. The molecule has 0 saturated carbocycles. The fourth-order valence-electron chi connectivity index (χ4n) is 2.18. The Hall–Kier alpha value is -1.64. The molecular formula is C13H15NO2. The van der Waals surface area contributed by atoms with Gasteiger partial charge in [0.05, 0.1) is 11.7 Å². The van der Waals surface area contributed by atoms with Crippen LogP contribution in [0.15, 0.2) is 17.8 Å². The first kappa shape index (κ1) is 10.9. The van der Waals surface area contributed by atoms with Crippen molar-refractivity contribution in [2.24, 2.45) is 0 Å². The van der Waals surface area contributed by atoms with Gasteiger partial charge in [0, 0.05) is 6.20 Å². The minimum atomic E-state index is -0.427. The molecule has 3 heteroatoms. The minimum Gasteiger partial charge on any atom is -0.337 e. The average molecular weight is 217 g/mol. The van der Waals surface area contributed by atoms with Crippen LogP contribution in [0.5, 0.6) is 0 Å². The van der Waals surface area contributed by atoms with Crippen LogP contribution in [0.25, 0.3) is 0 Å². The van der Waals surface area contributed by atoms with Gasteiger partial charge in [-0.05, 0) is 38.3 Å². The number of hydrogen-bond acceptors (Lipinski definition) is 2. The van der Waals surface area contributed by atoms with Crippen molar-refractivity contribution in [2.45, 2.75) is 33.2 Å². The van der Waals surface area contributed by atoms with Gasteiger partial charge in [0.1, 0.15) is 0 Å². The number of aromatic nitrogens is 1. The highest BCUT2D eigenvalue weighted by Crippen LogP contribution is 2.33. The highest BCUT2D eigenvalue weighted by molar-refractivity contribution is 6.33. The molecule has 0 fully saturated rings. The zero-order valence-corrected chi connectivity index (χ0v) is 9.78. The number of carbonyl (C=O) groups is 2. The summed E-state index contributed by atoms with van der Waals surface area (Å²) in [6, 6.07) is 0.242. The number of Topliss-reactive ketones (excluding diaryl/α,β-unsaturated/α-hetero) is 1. The summed E-state index contributed by atoms with van der Waals surface area (Å²) in [5.74, 6) is -0.427. The van der Waals surface area contributed by atoms with Crippen LogP contribution in [-0.4, -0.2) is 16.6 Å². The Kier molecular flexibility index (Phi) is 2.54. The van der Waals surface area contributed by atoms with E-state index in [-0.39, 0.29) is 6.04 Å². The molecule has 0 bridgehead atoms. The SMILES string of the molecule is CC1=CC(n2cc(C)c(C)c2C(=O)C=O)C1. The summed E-state index contributed by atoms with van der Waals surface area (Å²) >= 11 is 0. The van der Waals surface area contributed by atoms with E-state index in [9.17, 15) is 9.59 Å². The highest BCUT2D eigenvalue weighted by atomic mass is 16.2. The van der Waals surface area contributed by atoms with Crippen molar-refractivity contribution >= 4 is 12.1 Å². The molecule has 0 N–H and O–H groups in total. The smallest absolute Gasteiger partial charge is 0.241 e. The number of aryl methyl sites for hydroxylation is 1. The fourth-order valence-corrected chi connectivity index (χ4v) is 2.18. The van der Waals surface area contributed by atoms with Gasteiger partial charge >= 0.3 is 0 Å². The summed E-state index contributed by atoms with van der Waals surface area (Å²) in [7, 11) is 0. The van der Waals surface area contributed by atoms with Crippen LogP contribution in [0.4, 0.5) is 0 Å². The Balaban J connectivity index is 2.49. The lowest BCUT2D eigenvalue weighted by Crippen LogP contribution is -2.19. The Labute approximate surface area is 94.8 Å². The first-order valence-corrected chi connectivity index (χ1v) is 5.39. The molecule has 3 nitrogen and oxygen atoms in total. The van der Waals surface area contributed by atoms with Crippen molar-refractivity contribution in [1.29, 1.82) is 0 Å². The molecular weight excluding hydrogens is 202 g/mol. The molecule has 84 valence electrons. The van der Waals surface area contributed by atoms with Crippen LogP contribution in [0.2, 0.25) is 0 Å². The van der Waals surface area contributed by atoms with Gasteiger partial charge in [-0.15, -0.1) is 0 Å². The third kappa shape index (κ3) is 1.52. The van der Waals surface area contributed by atoms with Crippen LogP contribution in [0, 0.1) is 13.8 Å². The third-order valence-electron chi connectivity index (χ3n) is 3.24. The van der Waals surface area contributed by atoms with E-state index in [1.54, 1.807) is 0 Å². The van der Waals surface area contributed by atoms with Crippen LogP contribution >= 0.6 is 0 Å². The van der Waals surface area contributed by atoms with Gasteiger partial charge in [0.15, 0.2) is 6.29 Å². The standard InChI is InChI=1S/C13H15NO2/c1-8-4-11(5-8)14-6-9(2)10(3)13(14)12(16)7-15/h4,6-7,11H,5H2,1-3H3. The lowest BCUT2D eigenvalue weighted by molar-refractivity contribution is -0.104. The topological polar surface area (TPSA) is 39.1 Å². The second-order valence-corrected chi connectivity index (χ2v) is 4.46. The predicted octanol–water partition coefficient (Wildman–Crippen LogP) is 2.38. The second kappa shape index (κ2) is 3.74. The molecule has 0 spiro atoms. The number of rotatable bonds is 3. The molecule has 1 aliphatic carbocycles. The number of ketones is 1. The summed E-state index contributed by atoms with van der Waals surface area (Å²) in [4.78, 5) is 22.2. The summed E-state index contributed by atoms with van der Waals surface area (Å²) in [5.41, 5.74) is 3.85. The number of aldehydes is 1. The minimum absolute atomic E-state index is 0.242. The molecule has 2 rings (SSSR count). The Morgan fingerprint density at radius 2 is 2.06 bits per heavy atom. The normalized spacial score (nSPS) is 18.9. The van der Waals surface area contributed by atoms with Gasteiger partial charge in [0.2, 0.25) is 5.78 Å². The van der Waals surface area contributed by atoms with Crippen molar-refractivity contribution in [1.82, 2.24) is 4.57 Å². The molecule has 1 heterocycles. The first-order chi connectivity index (χ1) is 7.54. The maximum atomic E-state index is 11.6. The third-order valence-corrected chi connectivity index (χ3v) is 3.24. The van der Waals surface area contributed by atoms with Crippen molar-refractivity contribution in [3.05, 3.63) is 34.7 Å². The van der Waals surface area contributed by atoms with Gasteiger partial charge in [-0.2, -0.15) is 0 Å². The molecule has 1 aliphatic rings. The van der Waals surface area contributed by atoms with Crippen molar-refractivity contribution in [3.63, 3.8) is 0 Å². The average Bonchev–Trinajstić information content (AvgIpc) is 2.50. The number of allylic oxidation sites excluding steroid dienone is 2. The van der Waals surface area contributed by atoms with Crippen molar-refractivity contribution in [2.75, 3.05) is 0 Å². The molecule has 1 unspecified atom stereocenters. The van der Waals surface area contributed by atoms with Crippen LogP contribution < -0.4 is 0 Å². The Morgan fingerprint density at radius 3 is 2.56 bits per heavy atom. The van der Waals surface area contributed by atoms with Crippen molar-refractivity contribution < 1.29 is 9.59 Å². The quantitative estimate of drug-likeness (QED) is 0.337. The van der Waals surface area contributed by atoms with Gasteiger partial charge in [0.25, 0.3) is 0 Å². The molecule has 0 radical (unpaired) electrons. The summed E-state index contributed by atoms with van der Waals surface area (Å²) in [6.45, 7) is 5.92. The van der Waals surface area contributed by atoms with Crippen LogP contribution in [0.1, 0.15) is 41.0 Å². The van der Waals surface area contributed by atoms with E-state index in [1.807, 2.05) is 24.6 Å². The number of nitrogens with zero attached hydrogens (tertiary/aromatic N) is 1. The zero-order chi connectivity index (χ0) is 11.9. The fraction of sp³-hybridized carbons (Fsp3) is 0.385. The van der Waals surface area contributed by atoms with E-state index in [0.717, 1.165) is 17.5 Å². The van der Waals surface area contributed by atoms with Crippen molar-refractivity contribution in [3.8, 4) is 0 Å². The first-order valence-electron chi connectivity index (χ1n) is 5.39. The monoisotopic (exact) mass is 217 g/mol. The molecule has 1 aromatic rings. The van der Waals surface area contributed by atoms with E-state index in [2.05, 4.69) is 13.0 Å². The van der Waals surface area contributed by atoms with Gasteiger partial charge in [-0.25, -0.2) is 0 Å². The summed E-state index contributed by atoms with van der Waals surface area (Å²) < 4.78 is 1.92.